The zero-order chi connectivity index (χ0) is 20.6. The normalized spacial score (nSPS) is 13.1. The Labute approximate surface area is 165 Å². The van der Waals surface area contributed by atoms with E-state index in [1.54, 1.807) is 36.4 Å². The minimum atomic E-state index is -3.20. The number of nitrogens with one attached hydrogen (secondary N) is 2. The predicted octanol–water partition coefficient (Wildman–Crippen LogP) is 2.75. The van der Waals surface area contributed by atoms with Crippen LogP contribution in [0.2, 0.25) is 0 Å². The second-order valence-electron chi connectivity index (χ2n) is 6.38. The van der Waals surface area contributed by atoms with Crippen LogP contribution in [0.25, 0.3) is 0 Å². The van der Waals surface area contributed by atoms with Gasteiger partial charge in [0.2, 0.25) is 0 Å². The molecule has 0 spiro atoms. The number of halogens is 1. The lowest BCUT2D eigenvalue weighted by Gasteiger charge is -2.17. The van der Waals surface area contributed by atoms with Gasteiger partial charge in [0.05, 0.1) is 18.0 Å². The van der Waals surface area contributed by atoms with Gasteiger partial charge in [-0.15, -0.1) is 0 Å². The van der Waals surface area contributed by atoms with Gasteiger partial charge in [0.15, 0.2) is 15.8 Å². The number of rotatable bonds is 8. The molecular formula is C20H26FN3O3S. The van der Waals surface area contributed by atoms with Gasteiger partial charge in [-0.25, -0.2) is 17.8 Å². The van der Waals surface area contributed by atoms with Crippen LogP contribution in [0.5, 0.6) is 5.75 Å². The highest BCUT2D eigenvalue weighted by atomic mass is 32.2. The molecule has 0 aliphatic carbocycles. The first-order valence-corrected chi connectivity index (χ1v) is 10.9. The number of sulfone groups is 1. The summed E-state index contributed by atoms with van der Waals surface area (Å²) >= 11 is 0. The lowest BCUT2D eigenvalue weighted by atomic mass is 10.2. The summed E-state index contributed by atoms with van der Waals surface area (Å²) in [6.45, 7) is 5.42. The standard InChI is InChI=1S/C20H26FN3O3S/c1-4-22-20(23-13-15(2)27-18-7-5-6-17(21)12-18)24-14-16-8-10-19(11-9-16)28(3,25)26/h5-12,15H,4,13-14H2,1-3H3,(H2,22,23,24). The van der Waals surface area contributed by atoms with Gasteiger partial charge in [0.25, 0.3) is 0 Å². The summed E-state index contributed by atoms with van der Waals surface area (Å²) in [6, 6.07) is 12.7. The zero-order valence-electron chi connectivity index (χ0n) is 16.3. The Kier molecular flexibility index (Phi) is 7.80. The summed E-state index contributed by atoms with van der Waals surface area (Å²) in [7, 11) is -3.20. The first-order valence-electron chi connectivity index (χ1n) is 9.01. The van der Waals surface area contributed by atoms with Crippen molar-refractivity contribution in [3.05, 3.63) is 59.9 Å². The third kappa shape index (κ3) is 7.19. The number of hydrogen-bond acceptors (Lipinski definition) is 4. The van der Waals surface area contributed by atoms with Crippen LogP contribution in [0.3, 0.4) is 0 Å². The largest absolute Gasteiger partial charge is 0.489 e. The van der Waals surface area contributed by atoms with Crippen LogP contribution >= 0.6 is 0 Å². The average Bonchev–Trinajstić information content (AvgIpc) is 2.63. The van der Waals surface area contributed by atoms with Crippen molar-refractivity contribution < 1.29 is 17.5 Å². The molecule has 0 aliphatic heterocycles. The second-order valence-corrected chi connectivity index (χ2v) is 8.39. The molecule has 0 saturated carbocycles. The van der Waals surface area contributed by atoms with Gasteiger partial charge in [-0.05, 0) is 43.7 Å². The van der Waals surface area contributed by atoms with Crippen LogP contribution in [0.1, 0.15) is 19.4 Å². The number of aliphatic imine (C=N–C) groups is 1. The lowest BCUT2D eigenvalue weighted by molar-refractivity contribution is 0.223. The van der Waals surface area contributed by atoms with Gasteiger partial charge in [0, 0.05) is 18.9 Å². The van der Waals surface area contributed by atoms with Crippen LogP contribution in [-0.2, 0) is 16.4 Å². The summed E-state index contributed by atoms with van der Waals surface area (Å²) < 4.78 is 41.9. The summed E-state index contributed by atoms with van der Waals surface area (Å²) in [6.07, 6.45) is 0.986. The molecule has 0 aromatic heterocycles. The fourth-order valence-electron chi connectivity index (χ4n) is 2.41. The Bertz CT molecular complexity index is 899. The van der Waals surface area contributed by atoms with E-state index in [1.165, 1.54) is 18.4 Å². The second kappa shape index (κ2) is 10.1. The number of benzene rings is 2. The van der Waals surface area contributed by atoms with Gasteiger partial charge in [-0.3, -0.25) is 0 Å². The van der Waals surface area contributed by atoms with E-state index in [2.05, 4.69) is 15.6 Å². The number of guanidine groups is 1. The topological polar surface area (TPSA) is 79.8 Å². The minimum absolute atomic E-state index is 0.195. The van der Waals surface area contributed by atoms with Crippen molar-refractivity contribution in [3.8, 4) is 5.75 Å². The van der Waals surface area contributed by atoms with Crippen LogP contribution in [0.4, 0.5) is 4.39 Å². The molecule has 152 valence electrons. The minimum Gasteiger partial charge on any atom is -0.489 e. The van der Waals surface area contributed by atoms with Gasteiger partial charge < -0.3 is 15.4 Å². The molecule has 2 aromatic rings. The van der Waals surface area contributed by atoms with Crippen LogP contribution < -0.4 is 15.4 Å². The van der Waals surface area contributed by atoms with Crippen molar-refractivity contribution in [1.82, 2.24) is 10.6 Å². The van der Waals surface area contributed by atoms with Crippen molar-refractivity contribution >= 4 is 15.8 Å². The number of nitrogens with zero attached hydrogens (tertiary/aromatic N) is 1. The Morgan fingerprint density at radius 1 is 1.18 bits per heavy atom. The van der Waals surface area contributed by atoms with E-state index in [0.717, 1.165) is 5.56 Å². The molecule has 6 nitrogen and oxygen atoms in total. The molecule has 0 saturated heterocycles. The van der Waals surface area contributed by atoms with E-state index in [-0.39, 0.29) is 16.8 Å². The molecule has 0 heterocycles. The van der Waals surface area contributed by atoms with Gasteiger partial charge >= 0.3 is 0 Å². The molecule has 0 radical (unpaired) electrons. The molecule has 1 unspecified atom stereocenters. The van der Waals surface area contributed by atoms with E-state index >= 15 is 0 Å². The molecule has 28 heavy (non-hydrogen) atoms. The first kappa shape index (κ1) is 21.7. The molecule has 0 aliphatic rings. The fourth-order valence-corrected chi connectivity index (χ4v) is 3.04. The highest BCUT2D eigenvalue weighted by Gasteiger charge is 2.08. The quantitative estimate of drug-likeness (QED) is 0.520. The summed E-state index contributed by atoms with van der Waals surface area (Å²) in [5.41, 5.74) is 0.897. The van der Waals surface area contributed by atoms with Crippen molar-refractivity contribution in [2.45, 2.75) is 31.4 Å². The van der Waals surface area contributed by atoms with Gasteiger partial charge in [0.1, 0.15) is 17.7 Å². The monoisotopic (exact) mass is 407 g/mol. The van der Waals surface area contributed by atoms with Crippen molar-refractivity contribution in [3.63, 3.8) is 0 Å². The molecular weight excluding hydrogens is 381 g/mol. The Morgan fingerprint density at radius 2 is 1.89 bits per heavy atom. The fraction of sp³-hybridized carbons (Fsp3) is 0.350. The smallest absolute Gasteiger partial charge is 0.191 e. The Morgan fingerprint density at radius 3 is 2.50 bits per heavy atom. The first-order chi connectivity index (χ1) is 13.3. The molecule has 0 bridgehead atoms. The third-order valence-corrected chi connectivity index (χ3v) is 4.93. The number of ether oxygens (including phenoxy) is 1. The van der Waals surface area contributed by atoms with Crippen LogP contribution in [0, 0.1) is 5.82 Å². The predicted molar refractivity (Wildman–Crippen MR) is 109 cm³/mol. The highest BCUT2D eigenvalue weighted by molar-refractivity contribution is 7.90. The maximum absolute atomic E-state index is 13.2. The molecule has 0 amide bonds. The molecule has 1 atom stereocenters. The molecule has 2 aromatic carbocycles. The summed E-state index contributed by atoms with van der Waals surface area (Å²) in [5.74, 6) is 0.751. The number of hydrogen-bond donors (Lipinski definition) is 2. The summed E-state index contributed by atoms with van der Waals surface area (Å²) in [5, 5.41) is 6.33. The van der Waals surface area contributed by atoms with E-state index in [1.807, 2.05) is 13.8 Å². The molecule has 2 N–H and O–H groups in total. The molecule has 0 fully saturated rings. The van der Waals surface area contributed by atoms with E-state index in [0.29, 0.717) is 31.3 Å². The lowest BCUT2D eigenvalue weighted by Crippen LogP contribution is -2.41. The van der Waals surface area contributed by atoms with Crippen molar-refractivity contribution in [2.24, 2.45) is 4.99 Å². The van der Waals surface area contributed by atoms with E-state index in [4.69, 9.17) is 4.74 Å². The maximum atomic E-state index is 13.2. The van der Waals surface area contributed by atoms with Gasteiger partial charge in [-0.1, -0.05) is 18.2 Å². The Balaban J connectivity index is 1.92. The SMILES string of the molecule is CCNC(=NCc1ccc(S(C)(=O)=O)cc1)NCC(C)Oc1cccc(F)c1. The van der Waals surface area contributed by atoms with Crippen molar-refractivity contribution in [2.75, 3.05) is 19.3 Å². The summed E-state index contributed by atoms with van der Waals surface area (Å²) in [4.78, 5) is 4.78. The van der Waals surface area contributed by atoms with Crippen molar-refractivity contribution in [1.29, 1.82) is 0 Å². The van der Waals surface area contributed by atoms with Crippen LogP contribution in [-0.4, -0.2) is 39.8 Å². The third-order valence-electron chi connectivity index (χ3n) is 3.81. The van der Waals surface area contributed by atoms with E-state index in [9.17, 15) is 12.8 Å². The zero-order valence-corrected chi connectivity index (χ0v) is 17.1. The van der Waals surface area contributed by atoms with Crippen LogP contribution in [0.15, 0.2) is 58.4 Å². The maximum Gasteiger partial charge on any atom is 0.191 e. The van der Waals surface area contributed by atoms with E-state index < -0.39 is 9.84 Å². The Hall–Kier alpha value is -2.61. The highest BCUT2D eigenvalue weighted by Crippen LogP contribution is 2.13. The van der Waals surface area contributed by atoms with Gasteiger partial charge in [-0.2, -0.15) is 0 Å². The molecule has 2 rings (SSSR count). The average molecular weight is 408 g/mol. The molecule has 8 heteroatoms.